The van der Waals surface area contributed by atoms with Crippen LogP contribution >= 0.6 is 0 Å². The fraction of sp³-hybridized carbons (Fsp3) is 0.333. The minimum atomic E-state index is -0.298. The van der Waals surface area contributed by atoms with Crippen molar-refractivity contribution in [2.75, 3.05) is 13.1 Å². The van der Waals surface area contributed by atoms with Gasteiger partial charge in [-0.05, 0) is 6.07 Å². The van der Waals surface area contributed by atoms with Gasteiger partial charge in [0.2, 0.25) is 0 Å². The summed E-state index contributed by atoms with van der Waals surface area (Å²) in [7, 11) is -0.298. The van der Waals surface area contributed by atoms with Gasteiger partial charge < -0.3 is 20.7 Å². The van der Waals surface area contributed by atoms with E-state index >= 15 is 0 Å². The average molecular weight is 194 g/mol. The van der Waals surface area contributed by atoms with E-state index in [1.165, 1.54) is 0 Å². The minimum absolute atomic E-state index is 0.298. The quantitative estimate of drug-likeness (QED) is 0.416. The zero-order chi connectivity index (χ0) is 10.2. The molecule has 1 rings (SSSR count). The first-order chi connectivity index (χ1) is 6.88. The number of hydrogen-bond donors (Lipinski definition) is 3. The highest BCUT2D eigenvalue weighted by molar-refractivity contribution is 6.17. The Labute approximate surface area is 84.4 Å². The number of nitrogens with two attached hydrogens (primary N) is 1. The monoisotopic (exact) mass is 194 g/mol. The van der Waals surface area contributed by atoms with Crippen LogP contribution in [0.5, 0.6) is 5.75 Å². The zero-order valence-electron chi connectivity index (χ0n) is 8.07. The molecular formula is C9H15BN2O2. The van der Waals surface area contributed by atoms with Crippen molar-refractivity contribution in [2.45, 2.75) is 6.54 Å². The topological polar surface area (TPSA) is 67.5 Å². The Hall–Kier alpha value is -1.04. The van der Waals surface area contributed by atoms with Gasteiger partial charge in [-0.2, -0.15) is 0 Å². The Morgan fingerprint density at radius 1 is 1.43 bits per heavy atom. The van der Waals surface area contributed by atoms with Gasteiger partial charge in [-0.15, -0.1) is 0 Å². The molecule has 4 nitrogen and oxygen atoms in total. The Morgan fingerprint density at radius 2 is 2.21 bits per heavy atom. The molecule has 0 bridgehead atoms. The molecule has 0 fully saturated rings. The maximum Gasteiger partial charge on any atom is 0.504 e. The van der Waals surface area contributed by atoms with Gasteiger partial charge in [-0.1, -0.05) is 18.2 Å². The van der Waals surface area contributed by atoms with E-state index in [1.54, 1.807) is 0 Å². The van der Waals surface area contributed by atoms with Gasteiger partial charge in [-0.3, -0.25) is 0 Å². The number of para-hydroxylation sites is 1. The zero-order valence-corrected chi connectivity index (χ0v) is 8.07. The summed E-state index contributed by atoms with van der Waals surface area (Å²) in [6, 6.07) is 7.59. The number of hydrogen-bond acceptors (Lipinski definition) is 4. The molecule has 1 aromatic carbocycles. The van der Waals surface area contributed by atoms with Crippen molar-refractivity contribution in [3.05, 3.63) is 29.8 Å². The molecule has 0 radical (unpaired) electrons. The lowest BCUT2D eigenvalue weighted by molar-refractivity contribution is 0.449. The molecule has 5 heteroatoms. The van der Waals surface area contributed by atoms with Crippen LogP contribution in [-0.4, -0.2) is 25.8 Å². The molecule has 0 aliphatic carbocycles. The van der Waals surface area contributed by atoms with Crippen LogP contribution in [0.3, 0.4) is 0 Å². The summed E-state index contributed by atoms with van der Waals surface area (Å²) < 4.78 is 5.05. The number of rotatable bonds is 6. The molecular weight excluding hydrogens is 179 g/mol. The van der Waals surface area contributed by atoms with Crippen LogP contribution in [0.15, 0.2) is 24.3 Å². The number of benzene rings is 1. The van der Waals surface area contributed by atoms with Crippen molar-refractivity contribution in [3.8, 4) is 5.75 Å². The van der Waals surface area contributed by atoms with Crippen molar-refractivity contribution >= 4 is 7.69 Å². The molecule has 0 aromatic heterocycles. The van der Waals surface area contributed by atoms with E-state index in [4.69, 9.17) is 15.4 Å². The van der Waals surface area contributed by atoms with Crippen LogP contribution < -0.4 is 15.7 Å². The van der Waals surface area contributed by atoms with Crippen LogP contribution in [0, 0.1) is 0 Å². The highest BCUT2D eigenvalue weighted by Gasteiger charge is 2.01. The van der Waals surface area contributed by atoms with Gasteiger partial charge in [0.05, 0.1) is 0 Å². The first kappa shape index (κ1) is 11.0. The van der Waals surface area contributed by atoms with Crippen molar-refractivity contribution in [2.24, 2.45) is 5.73 Å². The van der Waals surface area contributed by atoms with Crippen molar-refractivity contribution < 1.29 is 9.68 Å². The van der Waals surface area contributed by atoms with E-state index < -0.39 is 0 Å². The highest BCUT2D eigenvalue weighted by atomic mass is 16.5. The third-order valence-corrected chi connectivity index (χ3v) is 1.83. The first-order valence-corrected chi connectivity index (χ1v) is 4.61. The Bertz CT molecular complexity index is 271. The molecule has 0 unspecified atom stereocenters. The lowest BCUT2D eigenvalue weighted by Gasteiger charge is -2.09. The van der Waals surface area contributed by atoms with E-state index in [1.807, 2.05) is 24.3 Å². The maximum absolute atomic E-state index is 8.65. The van der Waals surface area contributed by atoms with Gasteiger partial charge >= 0.3 is 7.69 Å². The minimum Gasteiger partial charge on any atom is -0.539 e. The smallest absolute Gasteiger partial charge is 0.504 e. The predicted octanol–water partition coefficient (Wildman–Crippen LogP) is -0.628. The van der Waals surface area contributed by atoms with Gasteiger partial charge in [-0.25, -0.2) is 0 Å². The molecule has 4 N–H and O–H groups in total. The van der Waals surface area contributed by atoms with Crippen LogP contribution in [-0.2, 0) is 6.54 Å². The van der Waals surface area contributed by atoms with Crippen molar-refractivity contribution in [1.82, 2.24) is 5.32 Å². The van der Waals surface area contributed by atoms with Crippen LogP contribution in [0.4, 0.5) is 0 Å². The molecule has 76 valence electrons. The van der Waals surface area contributed by atoms with Crippen LogP contribution in [0.1, 0.15) is 5.56 Å². The SMILES string of the molecule is NCCNCc1ccccc1OBO. The summed E-state index contributed by atoms with van der Waals surface area (Å²) in [4.78, 5) is 0. The lowest BCUT2D eigenvalue weighted by Crippen LogP contribution is -2.22. The van der Waals surface area contributed by atoms with E-state index in [-0.39, 0.29) is 7.69 Å². The maximum atomic E-state index is 8.65. The molecule has 0 saturated carbocycles. The highest BCUT2D eigenvalue weighted by Crippen LogP contribution is 2.16. The lowest BCUT2D eigenvalue weighted by atomic mass is 10.2. The summed E-state index contributed by atoms with van der Waals surface area (Å²) in [5.74, 6) is 0.708. The van der Waals surface area contributed by atoms with E-state index in [9.17, 15) is 0 Å². The van der Waals surface area contributed by atoms with Gasteiger partial charge in [0.15, 0.2) is 0 Å². The fourth-order valence-corrected chi connectivity index (χ4v) is 1.19. The van der Waals surface area contributed by atoms with Crippen molar-refractivity contribution in [1.29, 1.82) is 0 Å². The van der Waals surface area contributed by atoms with Gasteiger partial charge in [0.25, 0.3) is 0 Å². The van der Waals surface area contributed by atoms with Gasteiger partial charge in [0, 0.05) is 25.2 Å². The normalized spacial score (nSPS) is 9.86. The second-order valence-corrected chi connectivity index (χ2v) is 2.85. The second kappa shape index (κ2) is 6.42. The summed E-state index contributed by atoms with van der Waals surface area (Å²) in [6.45, 7) is 2.09. The molecule has 1 aromatic rings. The summed E-state index contributed by atoms with van der Waals surface area (Å²) >= 11 is 0. The van der Waals surface area contributed by atoms with Crippen LogP contribution in [0.2, 0.25) is 0 Å². The molecule has 0 heterocycles. The third-order valence-electron chi connectivity index (χ3n) is 1.83. The first-order valence-electron chi connectivity index (χ1n) is 4.61. The van der Waals surface area contributed by atoms with Gasteiger partial charge in [0.1, 0.15) is 5.75 Å². The van der Waals surface area contributed by atoms with E-state index in [0.29, 0.717) is 18.8 Å². The molecule has 0 amide bonds. The fourth-order valence-electron chi connectivity index (χ4n) is 1.19. The summed E-state index contributed by atoms with van der Waals surface area (Å²) in [5.41, 5.74) is 6.38. The number of nitrogens with one attached hydrogen (secondary N) is 1. The Morgan fingerprint density at radius 3 is 2.93 bits per heavy atom. The standard InChI is InChI=1S/C9H15BN2O2/c11-5-6-12-7-8-3-1-2-4-9(8)14-10-13/h1-4,10,12-13H,5-7,11H2. The van der Waals surface area contributed by atoms with Crippen LogP contribution in [0.25, 0.3) is 0 Å². The molecule has 14 heavy (non-hydrogen) atoms. The summed E-state index contributed by atoms with van der Waals surface area (Å²) in [6.07, 6.45) is 0. The van der Waals surface area contributed by atoms with Crippen molar-refractivity contribution in [3.63, 3.8) is 0 Å². The molecule has 0 aliphatic heterocycles. The van der Waals surface area contributed by atoms with E-state index in [2.05, 4.69) is 5.32 Å². The second-order valence-electron chi connectivity index (χ2n) is 2.85. The third kappa shape index (κ3) is 3.37. The Balaban J connectivity index is 2.55. The molecule has 0 atom stereocenters. The molecule has 0 saturated heterocycles. The molecule has 0 spiro atoms. The average Bonchev–Trinajstić information content (AvgIpc) is 2.21. The Kier molecular flexibility index (Phi) is 5.07. The largest absolute Gasteiger partial charge is 0.539 e. The summed E-state index contributed by atoms with van der Waals surface area (Å²) in [5, 5.41) is 11.8. The molecule has 0 aliphatic rings. The van der Waals surface area contributed by atoms with E-state index in [0.717, 1.165) is 12.1 Å². The predicted molar refractivity (Wildman–Crippen MR) is 57.2 cm³/mol.